The number of anilines is 3. The van der Waals surface area contributed by atoms with E-state index in [0.29, 0.717) is 42.9 Å². The van der Waals surface area contributed by atoms with E-state index in [1.807, 2.05) is 19.1 Å². The lowest BCUT2D eigenvalue weighted by Crippen LogP contribution is -2.43. The highest BCUT2D eigenvalue weighted by molar-refractivity contribution is 6.29. The molecule has 1 aliphatic carbocycles. The number of esters is 1. The summed E-state index contributed by atoms with van der Waals surface area (Å²) in [4.78, 5) is 23.2. The van der Waals surface area contributed by atoms with E-state index in [9.17, 15) is 13.6 Å². The van der Waals surface area contributed by atoms with Crippen molar-refractivity contribution in [2.75, 3.05) is 23.4 Å². The minimum absolute atomic E-state index is 0.0313. The van der Waals surface area contributed by atoms with Gasteiger partial charge in [0.25, 0.3) is 0 Å². The van der Waals surface area contributed by atoms with Gasteiger partial charge in [0.05, 0.1) is 30.6 Å². The number of hydrogen-bond donors (Lipinski definition) is 1. The first kappa shape index (κ1) is 27.1. The molecule has 3 rings (SSSR count). The SMILES string of the molecule is CCOC(=O)C[C@@H](C)c1cnc(N(CC(C)C)C2CCC(F)(F)CC2)c(Nc2ccc(Cl)nc2)c1. The maximum atomic E-state index is 13.9. The maximum Gasteiger partial charge on any atom is 0.306 e. The van der Waals surface area contributed by atoms with Crippen molar-refractivity contribution in [1.82, 2.24) is 9.97 Å². The summed E-state index contributed by atoms with van der Waals surface area (Å²) in [6.07, 6.45) is 4.22. The summed E-state index contributed by atoms with van der Waals surface area (Å²) in [6.45, 7) is 8.98. The molecule has 1 atom stereocenters. The van der Waals surface area contributed by atoms with Gasteiger partial charge in [0.15, 0.2) is 5.82 Å². The Morgan fingerprint density at radius 2 is 1.94 bits per heavy atom. The topological polar surface area (TPSA) is 67.3 Å². The first-order chi connectivity index (χ1) is 16.6. The summed E-state index contributed by atoms with van der Waals surface area (Å²) in [6, 6.07) is 5.46. The van der Waals surface area contributed by atoms with E-state index in [1.165, 1.54) is 0 Å². The Kier molecular flexibility index (Phi) is 9.27. The second-order valence-electron chi connectivity index (χ2n) is 9.68. The highest BCUT2D eigenvalue weighted by Gasteiger charge is 2.38. The van der Waals surface area contributed by atoms with Gasteiger partial charge >= 0.3 is 5.97 Å². The van der Waals surface area contributed by atoms with E-state index in [0.717, 1.165) is 16.9 Å². The Morgan fingerprint density at radius 1 is 1.23 bits per heavy atom. The van der Waals surface area contributed by atoms with Gasteiger partial charge in [0.2, 0.25) is 5.92 Å². The minimum atomic E-state index is -2.60. The van der Waals surface area contributed by atoms with Crippen LogP contribution in [0.3, 0.4) is 0 Å². The zero-order chi connectivity index (χ0) is 25.6. The maximum absolute atomic E-state index is 13.9. The number of nitrogens with zero attached hydrogens (tertiary/aromatic N) is 3. The molecule has 2 aromatic rings. The summed E-state index contributed by atoms with van der Waals surface area (Å²) < 4.78 is 32.9. The molecule has 0 radical (unpaired) electrons. The van der Waals surface area contributed by atoms with E-state index in [4.69, 9.17) is 21.3 Å². The molecule has 192 valence electrons. The van der Waals surface area contributed by atoms with Crippen LogP contribution in [-0.4, -0.2) is 41.1 Å². The van der Waals surface area contributed by atoms with Gasteiger partial charge in [-0.25, -0.2) is 18.7 Å². The van der Waals surface area contributed by atoms with Crippen molar-refractivity contribution in [3.8, 4) is 0 Å². The summed E-state index contributed by atoms with van der Waals surface area (Å²) >= 11 is 5.95. The van der Waals surface area contributed by atoms with Gasteiger partial charge in [-0.1, -0.05) is 32.4 Å². The third kappa shape index (κ3) is 7.75. The molecule has 9 heteroatoms. The lowest BCUT2D eigenvalue weighted by Gasteiger charge is -2.39. The number of halogens is 3. The standard InChI is InChI=1S/C26H35ClF2N4O2/c1-5-35-24(34)12-18(4)19-13-22(32-20-6-7-23(27)30-15-20)25(31-14-19)33(16-17(2)3)21-8-10-26(28,29)11-9-21/h6-7,13-15,17-18,21,32H,5,8-12,16H2,1-4H3/t18-/m1/s1. The van der Waals surface area contributed by atoms with Crippen LogP contribution in [0.5, 0.6) is 0 Å². The van der Waals surface area contributed by atoms with Gasteiger partial charge in [-0.2, -0.15) is 0 Å². The van der Waals surface area contributed by atoms with Crippen LogP contribution >= 0.6 is 11.6 Å². The number of carbonyl (C=O) groups excluding carboxylic acids is 1. The second kappa shape index (κ2) is 12.0. The van der Waals surface area contributed by atoms with Crippen LogP contribution in [0, 0.1) is 5.92 Å². The molecule has 1 N–H and O–H groups in total. The van der Waals surface area contributed by atoms with Crippen LogP contribution in [-0.2, 0) is 9.53 Å². The lowest BCUT2D eigenvalue weighted by molar-refractivity contribution is -0.143. The number of rotatable bonds is 10. The zero-order valence-electron chi connectivity index (χ0n) is 20.9. The zero-order valence-corrected chi connectivity index (χ0v) is 21.6. The first-order valence-electron chi connectivity index (χ1n) is 12.3. The number of hydrogen-bond acceptors (Lipinski definition) is 6. The molecule has 2 aromatic heterocycles. The van der Waals surface area contributed by atoms with Crippen molar-refractivity contribution in [1.29, 1.82) is 0 Å². The molecule has 0 aromatic carbocycles. The molecule has 2 heterocycles. The van der Waals surface area contributed by atoms with Gasteiger partial charge in [-0.05, 0) is 55.4 Å². The average molecular weight is 509 g/mol. The number of carbonyl (C=O) groups is 1. The molecule has 0 amide bonds. The fraction of sp³-hybridized carbons (Fsp3) is 0.577. The van der Waals surface area contributed by atoms with Crippen LogP contribution < -0.4 is 10.2 Å². The van der Waals surface area contributed by atoms with E-state index < -0.39 is 5.92 Å². The summed E-state index contributed by atoms with van der Waals surface area (Å²) in [5, 5.41) is 3.78. The Labute approximate surface area is 211 Å². The van der Waals surface area contributed by atoms with Gasteiger partial charge in [-0.3, -0.25) is 4.79 Å². The van der Waals surface area contributed by atoms with Crippen LogP contribution in [0.1, 0.15) is 71.3 Å². The van der Waals surface area contributed by atoms with E-state index in [2.05, 4.69) is 29.0 Å². The highest BCUT2D eigenvalue weighted by Crippen LogP contribution is 2.39. The van der Waals surface area contributed by atoms with Crippen molar-refractivity contribution in [3.05, 3.63) is 41.3 Å². The molecular weight excluding hydrogens is 474 g/mol. The molecule has 35 heavy (non-hydrogen) atoms. The van der Waals surface area contributed by atoms with Gasteiger partial charge < -0.3 is 15.0 Å². The summed E-state index contributed by atoms with van der Waals surface area (Å²) in [7, 11) is 0. The summed E-state index contributed by atoms with van der Waals surface area (Å²) in [5.74, 6) is -1.95. The number of aromatic nitrogens is 2. The summed E-state index contributed by atoms with van der Waals surface area (Å²) in [5.41, 5.74) is 2.35. The van der Waals surface area contributed by atoms with Crippen LogP contribution in [0.4, 0.5) is 26.0 Å². The van der Waals surface area contributed by atoms with Crippen LogP contribution in [0.15, 0.2) is 30.6 Å². The molecule has 1 saturated carbocycles. The van der Waals surface area contributed by atoms with Crippen molar-refractivity contribution >= 4 is 34.8 Å². The Balaban J connectivity index is 1.97. The molecule has 0 spiro atoms. The molecular formula is C26H35ClF2N4O2. The lowest BCUT2D eigenvalue weighted by atomic mass is 9.90. The van der Waals surface area contributed by atoms with Gasteiger partial charge in [0, 0.05) is 31.6 Å². The molecule has 6 nitrogen and oxygen atoms in total. The van der Waals surface area contributed by atoms with E-state index in [1.54, 1.807) is 25.4 Å². The monoisotopic (exact) mass is 508 g/mol. The average Bonchev–Trinajstić information content (AvgIpc) is 2.79. The smallest absolute Gasteiger partial charge is 0.306 e. The van der Waals surface area contributed by atoms with Crippen LogP contribution in [0.2, 0.25) is 5.15 Å². The first-order valence-corrected chi connectivity index (χ1v) is 12.6. The molecule has 1 aliphatic rings. The molecule has 0 unspecified atom stereocenters. The van der Waals surface area contributed by atoms with Crippen molar-refractivity contribution in [3.63, 3.8) is 0 Å². The number of alkyl halides is 2. The third-order valence-corrected chi connectivity index (χ3v) is 6.43. The van der Waals surface area contributed by atoms with Crippen molar-refractivity contribution in [2.45, 2.75) is 77.7 Å². The Bertz CT molecular complexity index is 978. The fourth-order valence-corrected chi connectivity index (χ4v) is 4.51. The van der Waals surface area contributed by atoms with Crippen molar-refractivity contribution in [2.24, 2.45) is 5.92 Å². The highest BCUT2D eigenvalue weighted by atomic mass is 35.5. The van der Waals surface area contributed by atoms with E-state index in [-0.39, 0.29) is 37.2 Å². The second-order valence-corrected chi connectivity index (χ2v) is 10.1. The number of nitrogens with one attached hydrogen (secondary N) is 1. The Hall–Kier alpha value is -2.48. The van der Waals surface area contributed by atoms with Gasteiger partial charge in [0.1, 0.15) is 5.15 Å². The normalized spacial score (nSPS) is 16.7. The fourth-order valence-electron chi connectivity index (χ4n) is 4.40. The van der Waals surface area contributed by atoms with E-state index >= 15 is 0 Å². The largest absolute Gasteiger partial charge is 0.466 e. The quantitative estimate of drug-likeness (QED) is 0.276. The number of ether oxygens (including phenoxy) is 1. The number of pyridine rings is 2. The predicted octanol–water partition coefficient (Wildman–Crippen LogP) is 6.97. The Morgan fingerprint density at radius 3 is 2.54 bits per heavy atom. The molecule has 1 fully saturated rings. The minimum Gasteiger partial charge on any atom is -0.466 e. The molecule has 0 bridgehead atoms. The molecule has 0 aliphatic heterocycles. The third-order valence-electron chi connectivity index (χ3n) is 6.20. The van der Waals surface area contributed by atoms with Crippen LogP contribution in [0.25, 0.3) is 0 Å². The van der Waals surface area contributed by atoms with Crippen molar-refractivity contribution < 1.29 is 18.3 Å². The van der Waals surface area contributed by atoms with Gasteiger partial charge in [-0.15, -0.1) is 0 Å². The molecule has 0 saturated heterocycles. The predicted molar refractivity (Wildman–Crippen MR) is 136 cm³/mol.